The molecule has 2 heterocycles. The molecule has 1 fully saturated rings. The molecule has 8 nitrogen and oxygen atoms in total. The van der Waals surface area contributed by atoms with Crippen molar-refractivity contribution in [2.75, 3.05) is 18.4 Å². The summed E-state index contributed by atoms with van der Waals surface area (Å²) in [5.74, 6) is 0.483. The molecule has 0 amide bonds. The van der Waals surface area contributed by atoms with Crippen molar-refractivity contribution in [3.63, 3.8) is 0 Å². The Hall–Kier alpha value is -2.74. The van der Waals surface area contributed by atoms with E-state index in [9.17, 15) is 9.59 Å². The lowest BCUT2D eigenvalue weighted by atomic mass is 9.85. The fourth-order valence-electron chi connectivity index (χ4n) is 3.29. The van der Waals surface area contributed by atoms with Crippen molar-refractivity contribution in [1.29, 1.82) is 0 Å². The molecule has 0 aliphatic heterocycles. The highest BCUT2D eigenvalue weighted by molar-refractivity contribution is 5.69. The second kappa shape index (κ2) is 7.87. The zero-order valence-electron chi connectivity index (χ0n) is 15.8. The van der Waals surface area contributed by atoms with E-state index in [1.165, 1.54) is 0 Å². The Kier molecular flexibility index (Phi) is 5.55. The van der Waals surface area contributed by atoms with Crippen LogP contribution in [0.5, 0.6) is 0 Å². The maximum absolute atomic E-state index is 11.9. The van der Waals surface area contributed by atoms with E-state index in [1.807, 2.05) is 30.9 Å². The van der Waals surface area contributed by atoms with Crippen LogP contribution in [0.2, 0.25) is 0 Å². The van der Waals surface area contributed by atoms with E-state index in [1.54, 1.807) is 13.1 Å². The van der Waals surface area contributed by atoms with E-state index in [-0.39, 0.29) is 18.1 Å². The number of aromatic nitrogens is 3. The normalized spacial score (nSPS) is 19.0. The van der Waals surface area contributed by atoms with E-state index < -0.39 is 5.97 Å². The number of likely N-dealkylation sites (N-methyl/N-ethyl adjacent to an activating group) is 1. The van der Waals surface area contributed by atoms with Gasteiger partial charge in [-0.25, -0.2) is 9.97 Å². The second-order valence-corrected chi connectivity index (χ2v) is 6.98. The molecule has 3 N–H and O–H groups in total. The molecular formula is C19H25N5O3. The summed E-state index contributed by atoms with van der Waals surface area (Å²) in [6.07, 6.45) is 3.49. The summed E-state index contributed by atoms with van der Waals surface area (Å²) in [4.78, 5) is 36.4. The van der Waals surface area contributed by atoms with Crippen LogP contribution in [0.15, 0.2) is 23.1 Å². The number of aromatic amines is 1. The van der Waals surface area contributed by atoms with Crippen LogP contribution in [-0.2, 0) is 4.79 Å². The van der Waals surface area contributed by atoms with Gasteiger partial charge in [-0.2, -0.15) is 0 Å². The third-order valence-corrected chi connectivity index (χ3v) is 5.16. The summed E-state index contributed by atoms with van der Waals surface area (Å²) >= 11 is 0. The average Bonchev–Trinajstić information content (AvgIpc) is 2.60. The van der Waals surface area contributed by atoms with Gasteiger partial charge in [-0.1, -0.05) is 6.92 Å². The van der Waals surface area contributed by atoms with Crippen LogP contribution in [0.25, 0.3) is 11.4 Å². The van der Waals surface area contributed by atoms with Crippen LogP contribution in [-0.4, -0.2) is 56.1 Å². The van der Waals surface area contributed by atoms with Gasteiger partial charge in [-0.05, 0) is 45.4 Å². The quantitative estimate of drug-likeness (QED) is 0.680. The minimum atomic E-state index is -0.788. The van der Waals surface area contributed by atoms with E-state index in [0.717, 1.165) is 30.8 Å². The Morgan fingerprint density at radius 2 is 2.11 bits per heavy atom. The van der Waals surface area contributed by atoms with Crippen LogP contribution in [0, 0.1) is 13.8 Å². The number of nitrogens with zero attached hydrogens (tertiary/aromatic N) is 3. The van der Waals surface area contributed by atoms with Crippen molar-refractivity contribution in [2.45, 2.75) is 45.7 Å². The molecule has 1 saturated carbocycles. The molecule has 27 heavy (non-hydrogen) atoms. The van der Waals surface area contributed by atoms with Gasteiger partial charge in [-0.3, -0.25) is 14.5 Å². The molecule has 1 aliphatic carbocycles. The van der Waals surface area contributed by atoms with Crippen LogP contribution in [0.3, 0.4) is 0 Å². The highest BCUT2D eigenvalue weighted by Crippen LogP contribution is 2.28. The third kappa shape index (κ3) is 4.33. The molecule has 2 aromatic rings. The topological polar surface area (TPSA) is 111 Å². The summed E-state index contributed by atoms with van der Waals surface area (Å²) in [5.41, 5.74) is 1.94. The van der Waals surface area contributed by atoms with Gasteiger partial charge in [0.25, 0.3) is 5.56 Å². The van der Waals surface area contributed by atoms with Gasteiger partial charge in [-0.15, -0.1) is 0 Å². The van der Waals surface area contributed by atoms with Gasteiger partial charge in [0.1, 0.15) is 11.6 Å². The standard InChI is InChI=1S/C19H25N5O3/c1-4-24(10-17(25)26)15-7-14(8-15)22-16-6-5-13(9-20-16)18-21-12(3)11(2)19(27)23-18/h5-6,9,14-15H,4,7-8,10H2,1-3H3,(H,20,22)(H,25,26)(H,21,23,27). The Bertz CT molecular complexity index is 872. The first-order valence-electron chi connectivity index (χ1n) is 9.13. The van der Waals surface area contributed by atoms with E-state index in [4.69, 9.17) is 5.11 Å². The number of carbonyl (C=O) groups is 1. The largest absolute Gasteiger partial charge is 0.480 e. The molecule has 0 aromatic carbocycles. The molecule has 0 spiro atoms. The summed E-state index contributed by atoms with van der Waals surface area (Å²) in [6.45, 7) is 6.36. The summed E-state index contributed by atoms with van der Waals surface area (Å²) in [6, 6.07) is 4.33. The molecule has 3 rings (SSSR count). The minimum Gasteiger partial charge on any atom is -0.480 e. The Morgan fingerprint density at radius 1 is 1.37 bits per heavy atom. The van der Waals surface area contributed by atoms with Crippen LogP contribution >= 0.6 is 0 Å². The van der Waals surface area contributed by atoms with Crippen LogP contribution in [0.1, 0.15) is 31.0 Å². The number of carboxylic acids is 1. The summed E-state index contributed by atoms with van der Waals surface area (Å²) < 4.78 is 0. The smallest absolute Gasteiger partial charge is 0.317 e. The molecule has 0 radical (unpaired) electrons. The maximum Gasteiger partial charge on any atom is 0.317 e. The predicted octanol–water partition coefficient (Wildman–Crippen LogP) is 1.80. The Labute approximate surface area is 157 Å². The van der Waals surface area contributed by atoms with Crippen LogP contribution in [0.4, 0.5) is 5.82 Å². The molecule has 0 bridgehead atoms. The van der Waals surface area contributed by atoms with E-state index in [2.05, 4.69) is 20.3 Å². The predicted molar refractivity (Wildman–Crippen MR) is 103 cm³/mol. The van der Waals surface area contributed by atoms with E-state index >= 15 is 0 Å². The zero-order valence-corrected chi connectivity index (χ0v) is 15.8. The second-order valence-electron chi connectivity index (χ2n) is 6.98. The zero-order chi connectivity index (χ0) is 19.6. The molecule has 8 heteroatoms. The van der Waals surface area contributed by atoms with Gasteiger partial charge in [0.2, 0.25) is 0 Å². The molecule has 0 saturated heterocycles. The van der Waals surface area contributed by atoms with Crippen molar-refractivity contribution >= 4 is 11.8 Å². The number of aryl methyl sites for hydroxylation is 1. The number of nitrogens with one attached hydrogen (secondary N) is 2. The Morgan fingerprint density at radius 3 is 2.67 bits per heavy atom. The third-order valence-electron chi connectivity index (χ3n) is 5.16. The number of carboxylic acid groups (broad SMARTS) is 1. The van der Waals surface area contributed by atoms with Crippen molar-refractivity contribution in [2.24, 2.45) is 0 Å². The van der Waals surface area contributed by atoms with Crippen molar-refractivity contribution < 1.29 is 9.90 Å². The van der Waals surface area contributed by atoms with Gasteiger partial charge >= 0.3 is 5.97 Å². The average molecular weight is 371 g/mol. The maximum atomic E-state index is 11.9. The molecule has 144 valence electrons. The lowest BCUT2D eigenvalue weighted by molar-refractivity contribution is -0.139. The van der Waals surface area contributed by atoms with Gasteiger partial charge < -0.3 is 15.4 Å². The van der Waals surface area contributed by atoms with Crippen molar-refractivity contribution in [3.8, 4) is 11.4 Å². The number of H-pyrrole nitrogens is 1. The number of hydrogen-bond donors (Lipinski definition) is 3. The molecule has 0 unspecified atom stereocenters. The highest BCUT2D eigenvalue weighted by Gasteiger charge is 2.33. The first-order valence-corrected chi connectivity index (χ1v) is 9.13. The summed E-state index contributed by atoms with van der Waals surface area (Å²) in [5, 5.41) is 12.3. The molecular weight excluding hydrogens is 346 g/mol. The van der Waals surface area contributed by atoms with Gasteiger partial charge in [0.05, 0.1) is 6.54 Å². The molecule has 2 aromatic heterocycles. The first kappa shape index (κ1) is 19.0. The molecule has 1 aliphatic rings. The van der Waals surface area contributed by atoms with Gasteiger partial charge in [0.15, 0.2) is 0 Å². The SMILES string of the molecule is CCN(CC(=O)O)C1CC(Nc2ccc(-c3nc(C)c(C)c(=O)[nH]3)cn2)C1. The monoisotopic (exact) mass is 371 g/mol. The summed E-state index contributed by atoms with van der Waals surface area (Å²) in [7, 11) is 0. The number of aliphatic carboxylic acids is 1. The highest BCUT2D eigenvalue weighted by atomic mass is 16.4. The lowest BCUT2D eigenvalue weighted by Crippen LogP contribution is -2.51. The fraction of sp³-hybridized carbons (Fsp3) is 0.474. The number of anilines is 1. The first-order chi connectivity index (χ1) is 12.9. The van der Waals surface area contributed by atoms with E-state index in [0.29, 0.717) is 23.1 Å². The lowest BCUT2D eigenvalue weighted by Gasteiger charge is -2.42. The fourth-order valence-corrected chi connectivity index (χ4v) is 3.29. The molecule has 0 atom stereocenters. The number of rotatable bonds is 7. The number of hydrogen-bond acceptors (Lipinski definition) is 6. The minimum absolute atomic E-state index is 0.0853. The van der Waals surface area contributed by atoms with Crippen LogP contribution < -0.4 is 10.9 Å². The Balaban J connectivity index is 1.59. The van der Waals surface area contributed by atoms with Gasteiger partial charge in [0, 0.05) is 35.1 Å². The van der Waals surface area contributed by atoms with Crippen molar-refractivity contribution in [3.05, 3.63) is 39.9 Å². The van der Waals surface area contributed by atoms with Crippen molar-refractivity contribution in [1.82, 2.24) is 19.9 Å². The number of pyridine rings is 1.